The van der Waals surface area contributed by atoms with Gasteiger partial charge in [-0.15, -0.1) is 0 Å². The van der Waals surface area contributed by atoms with Crippen molar-refractivity contribution in [2.45, 2.75) is 30.1 Å². The van der Waals surface area contributed by atoms with Crippen LogP contribution in [0.2, 0.25) is 0 Å². The lowest BCUT2D eigenvalue weighted by atomic mass is 10.1. The molecule has 0 bridgehead atoms. The van der Waals surface area contributed by atoms with E-state index in [4.69, 9.17) is 0 Å². The lowest BCUT2D eigenvalue weighted by Gasteiger charge is -2.42. The van der Waals surface area contributed by atoms with Gasteiger partial charge in [0.15, 0.2) is 0 Å². The maximum Gasteiger partial charge on any atom is 0.430 e. The Labute approximate surface area is 141 Å². The van der Waals surface area contributed by atoms with Gasteiger partial charge >= 0.3 is 36.2 Å². The van der Waals surface area contributed by atoms with Gasteiger partial charge in [-0.2, -0.15) is 57.1 Å². The van der Waals surface area contributed by atoms with E-state index in [0.29, 0.717) is 0 Å². The number of hydrogen-bond donors (Lipinski definition) is 0. The molecule has 16 heteroatoms. The van der Waals surface area contributed by atoms with Gasteiger partial charge in [-0.05, 0) is 0 Å². The summed E-state index contributed by atoms with van der Waals surface area (Å²) in [6.07, 6.45) is -17.7. The molecule has 160 valence electrons. The van der Waals surface area contributed by atoms with Crippen LogP contribution >= 0.6 is 0 Å². The van der Waals surface area contributed by atoms with E-state index in [1.165, 1.54) is 0 Å². The maximum atomic E-state index is 13.7. The third-order valence-corrected chi connectivity index (χ3v) is 3.22. The molecular formula is C11H8F13NO2. The molecule has 3 nitrogen and oxygen atoms in total. The lowest BCUT2D eigenvalue weighted by Crippen LogP contribution is -2.69. The molecule has 0 amide bonds. The quantitative estimate of drug-likeness (QED) is 0.437. The molecule has 1 rings (SSSR count). The van der Waals surface area contributed by atoms with Gasteiger partial charge in [0.2, 0.25) is 0 Å². The van der Waals surface area contributed by atoms with Gasteiger partial charge < -0.3 is 4.74 Å². The molecule has 0 N–H and O–H groups in total. The van der Waals surface area contributed by atoms with Crippen LogP contribution in [0, 0.1) is 0 Å². The van der Waals surface area contributed by atoms with Crippen LogP contribution in [0.3, 0.4) is 0 Å². The van der Waals surface area contributed by atoms with E-state index in [-0.39, 0.29) is 0 Å². The standard InChI is InChI=1S/C11H8F13NO2/c12-5(6(13)14)7(15,16)27-11(23,24)9(19,20)8(17,18)10(21,22)25-1-3-26-4-2-25/h1-4H2. The number of morpholine rings is 1. The second-order valence-electron chi connectivity index (χ2n) is 5.00. The number of hydrogen-bond acceptors (Lipinski definition) is 3. The van der Waals surface area contributed by atoms with Gasteiger partial charge in [-0.1, -0.05) is 0 Å². The van der Waals surface area contributed by atoms with E-state index >= 15 is 0 Å². The minimum atomic E-state index is -7.38. The third-order valence-electron chi connectivity index (χ3n) is 3.22. The summed E-state index contributed by atoms with van der Waals surface area (Å²) in [5.74, 6) is -18.5. The zero-order valence-corrected chi connectivity index (χ0v) is 12.5. The number of alkyl halides is 10. The minimum absolute atomic E-state index is 0.673. The average molecular weight is 433 g/mol. The Bertz CT molecular complexity index is 567. The molecule has 1 fully saturated rings. The van der Waals surface area contributed by atoms with E-state index in [9.17, 15) is 57.1 Å². The highest BCUT2D eigenvalue weighted by molar-refractivity contribution is 5.04. The largest absolute Gasteiger partial charge is 0.430 e. The highest BCUT2D eigenvalue weighted by Crippen LogP contribution is 2.55. The van der Waals surface area contributed by atoms with E-state index in [2.05, 4.69) is 4.74 Å². The highest BCUT2D eigenvalue weighted by Gasteiger charge is 2.84. The van der Waals surface area contributed by atoms with Gasteiger partial charge in [0, 0.05) is 13.1 Å². The van der Waals surface area contributed by atoms with Gasteiger partial charge in [0.1, 0.15) is 0 Å². The third kappa shape index (κ3) is 4.11. The van der Waals surface area contributed by atoms with Crippen LogP contribution in [0.25, 0.3) is 0 Å². The summed E-state index contributed by atoms with van der Waals surface area (Å²) < 4.78 is 175. The number of ether oxygens (including phenoxy) is 2. The first-order valence-corrected chi connectivity index (χ1v) is 6.55. The van der Waals surface area contributed by atoms with E-state index < -0.39 is 73.2 Å². The minimum Gasteiger partial charge on any atom is -0.379 e. The Morgan fingerprint density at radius 1 is 0.741 bits per heavy atom. The molecule has 0 saturated carbocycles. The first kappa shape index (κ1) is 23.7. The van der Waals surface area contributed by atoms with Crippen LogP contribution in [-0.2, 0) is 9.47 Å². The Kier molecular flexibility index (Phi) is 6.40. The molecule has 0 atom stereocenters. The second kappa shape index (κ2) is 7.27. The summed E-state index contributed by atoms with van der Waals surface area (Å²) in [7, 11) is 0. The Hall–Kier alpha value is -1.29. The lowest BCUT2D eigenvalue weighted by molar-refractivity contribution is -0.478. The van der Waals surface area contributed by atoms with Crippen molar-refractivity contribution in [3.05, 3.63) is 11.9 Å². The Morgan fingerprint density at radius 2 is 1.19 bits per heavy atom. The first-order valence-electron chi connectivity index (χ1n) is 6.55. The average Bonchev–Trinajstić information content (AvgIpc) is 2.53. The van der Waals surface area contributed by atoms with Crippen LogP contribution < -0.4 is 0 Å². The fourth-order valence-electron chi connectivity index (χ4n) is 1.79. The highest BCUT2D eigenvalue weighted by atomic mass is 19.4. The smallest absolute Gasteiger partial charge is 0.379 e. The van der Waals surface area contributed by atoms with Crippen LogP contribution in [0.4, 0.5) is 57.1 Å². The second-order valence-corrected chi connectivity index (χ2v) is 5.00. The van der Waals surface area contributed by atoms with Crippen LogP contribution in [-0.4, -0.2) is 61.3 Å². The van der Waals surface area contributed by atoms with Crippen molar-refractivity contribution in [2.24, 2.45) is 0 Å². The molecule has 0 unspecified atom stereocenters. The summed E-state index contributed by atoms with van der Waals surface area (Å²) in [5.41, 5.74) is 0. The molecule has 27 heavy (non-hydrogen) atoms. The molecular weight excluding hydrogens is 425 g/mol. The van der Waals surface area contributed by atoms with Crippen molar-refractivity contribution in [3.63, 3.8) is 0 Å². The van der Waals surface area contributed by atoms with Crippen molar-refractivity contribution in [1.29, 1.82) is 0 Å². The van der Waals surface area contributed by atoms with E-state index in [1.54, 1.807) is 4.74 Å². The maximum absolute atomic E-state index is 13.7. The van der Waals surface area contributed by atoms with Crippen molar-refractivity contribution in [3.8, 4) is 0 Å². The molecule has 1 aliphatic rings. The fourth-order valence-corrected chi connectivity index (χ4v) is 1.79. The van der Waals surface area contributed by atoms with Crippen molar-refractivity contribution in [1.82, 2.24) is 4.90 Å². The van der Waals surface area contributed by atoms with Gasteiger partial charge in [0.25, 0.3) is 5.83 Å². The SMILES string of the molecule is FC(F)=C(F)C(F)(F)OC(F)(F)C(F)(F)C(F)(F)C(F)(F)N1CCOCC1. The van der Waals surface area contributed by atoms with E-state index in [1.807, 2.05) is 0 Å². The van der Waals surface area contributed by atoms with Crippen LogP contribution in [0.5, 0.6) is 0 Å². The molecule has 1 heterocycles. The van der Waals surface area contributed by atoms with E-state index in [0.717, 1.165) is 0 Å². The molecule has 0 aromatic heterocycles. The zero-order valence-electron chi connectivity index (χ0n) is 12.5. The van der Waals surface area contributed by atoms with Gasteiger partial charge in [0.05, 0.1) is 13.2 Å². The van der Waals surface area contributed by atoms with Crippen molar-refractivity contribution < 1.29 is 66.5 Å². The van der Waals surface area contributed by atoms with Gasteiger partial charge in [-0.25, -0.2) is 9.64 Å². The molecule has 0 aromatic rings. The van der Waals surface area contributed by atoms with Crippen molar-refractivity contribution in [2.75, 3.05) is 26.3 Å². The normalized spacial score (nSPS) is 18.6. The predicted octanol–water partition coefficient (Wildman–Crippen LogP) is 4.46. The number of nitrogens with zero attached hydrogens (tertiary/aromatic N) is 1. The Balaban J connectivity index is 3.25. The van der Waals surface area contributed by atoms with Gasteiger partial charge in [-0.3, -0.25) is 0 Å². The molecule has 0 spiro atoms. The summed E-state index contributed by atoms with van der Waals surface area (Å²) >= 11 is 0. The van der Waals surface area contributed by atoms with Crippen LogP contribution in [0.15, 0.2) is 11.9 Å². The zero-order chi connectivity index (χ0) is 21.5. The summed E-state index contributed by atoms with van der Waals surface area (Å²) in [5, 5.41) is 0. The summed E-state index contributed by atoms with van der Waals surface area (Å²) in [6, 6.07) is -6.03. The Morgan fingerprint density at radius 3 is 1.59 bits per heavy atom. The molecule has 0 aliphatic carbocycles. The molecule has 0 aromatic carbocycles. The molecule has 0 radical (unpaired) electrons. The molecule has 1 aliphatic heterocycles. The summed E-state index contributed by atoms with van der Waals surface area (Å²) in [4.78, 5) is -0.680. The first-order chi connectivity index (χ1) is 11.9. The molecule has 1 saturated heterocycles. The predicted molar refractivity (Wildman–Crippen MR) is 58.6 cm³/mol. The number of rotatable bonds is 7. The topological polar surface area (TPSA) is 21.7 Å². The number of halogens is 13. The summed E-state index contributed by atoms with van der Waals surface area (Å²) in [6.45, 7) is -3.58. The monoisotopic (exact) mass is 433 g/mol. The fraction of sp³-hybridized carbons (Fsp3) is 0.818. The van der Waals surface area contributed by atoms with Crippen molar-refractivity contribution >= 4 is 0 Å². The van der Waals surface area contributed by atoms with Crippen LogP contribution in [0.1, 0.15) is 0 Å².